The second-order valence-electron chi connectivity index (χ2n) is 9.08. The van der Waals surface area contributed by atoms with Crippen LogP contribution in [0.5, 0.6) is 0 Å². The largest absolute Gasteiger partial charge is 0.393 e. The summed E-state index contributed by atoms with van der Waals surface area (Å²) < 4.78 is 0. The number of hydrogen-bond donors (Lipinski definition) is 1. The van der Waals surface area contributed by atoms with Crippen molar-refractivity contribution in [3.63, 3.8) is 0 Å². The van der Waals surface area contributed by atoms with E-state index in [-0.39, 0.29) is 16.9 Å². The Morgan fingerprint density at radius 2 is 1.76 bits per heavy atom. The second-order valence-corrected chi connectivity index (χ2v) is 9.08. The van der Waals surface area contributed by atoms with Gasteiger partial charge in [-0.2, -0.15) is 0 Å². The quantitative estimate of drug-likeness (QED) is 0.726. The Balaban J connectivity index is 1.95. The van der Waals surface area contributed by atoms with Crippen LogP contribution in [0.25, 0.3) is 0 Å². The summed E-state index contributed by atoms with van der Waals surface area (Å²) in [5.41, 5.74) is 0.254. The van der Waals surface area contributed by atoms with Gasteiger partial charge in [0.25, 0.3) is 0 Å². The summed E-state index contributed by atoms with van der Waals surface area (Å²) in [4.78, 5) is 12.7. The van der Waals surface area contributed by atoms with Gasteiger partial charge in [-0.05, 0) is 67.1 Å². The monoisotopic (exact) mass is 292 g/mol. The molecule has 3 aliphatic carbocycles. The van der Waals surface area contributed by atoms with Crippen molar-refractivity contribution >= 4 is 5.78 Å². The van der Waals surface area contributed by atoms with Crippen LogP contribution in [0, 0.1) is 34.5 Å². The van der Waals surface area contributed by atoms with Crippen LogP contribution in [-0.4, -0.2) is 17.0 Å². The maximum atomic E-state index is 12.7. The van der Waals surface area contributed by atoms with E-state index in [1.54, 1.807) is 0 Å². The van der Waals surface area contributed by atoms with Gasteiger partial charge in [-0.15, -0.1) is 0 Å². The highest BCUT2D eigenvalue weighted by Gasteiger charge is 2.58. The smallest absolute Gasteiger partial charge is 0.136 e. The number of hydrogen-bond acceptors (Lipinski definition) is 2. The highest BCUT2D eigenvalue weighted by molar-refractivity contribution is 5.82. The fraction of sp³-hybridized carbons (Fsp3) is 0.947. The van der Waals surface area contributed by atoms with Gasteiger partial charge in [-0.25, -0.2) is 0 Å². The number of aliphatic hydroxyl groups is 1. The Hall–Kier alpha value is -0.370. The van der Waals surface area contributed by atoms with Crippen molar-refractivity contribution in [2.75, 3.05) is 0 Å². The topological polar surface area (TPSA) is 37.3 Å². The predicted molar refractivity (Wildman–Crippen MR) is 84.9 cm³/mol. The zero-order valence-electron chi connectivity index (χ0n) is 14.2. The van der Waals surface area contributed by atoms with E-state index in [9.17, 15) is 9.90 Å². The SMILES string of the molecule is CC1CCC2C(CCC3C(C)(C)C(O)CCC23C)C(=O)C1. The van der Waals surface area contributed by atoms with E-state index >= 15 is 0 Å². The molecule has 2 nitrogen and oxygen atoms in total. The third kappa shape index (κ3) is 2.29. The molecule has 2 heteroatoms. The first-order valence-corrected chi connectivity index (χ1v) is 8.97. The van der Waals surface area contributed by atoms with Crippen molar-refractivity contribution in [2.45, 2.75) is 78.7 Å². The van der Waals surface area contributed by atoms with E-state index in [4.69, 9.17) is 0 Å². The number of carbonyl (C=O) groups excluding carboxylic acids is 1. The molecule has 0 aliphatic heterocycles. The molecule has 0 amide bonds. The lowest BCUT2D eigenvalue weighted by atomic mass is 9.45. The molecule has 0 aromatic rings. The molecule has 0 aromatic heterocycles. The van der Waals surface area contributed by atoms with Crippen LogP contribution in [0.3, 0.4) is 0 Å². The minimum Gasteiger partial charge on any atom is -0.393 e. The van der Waals surface area contributed by atoms with E-state index in [2.05, 4.69) is 27.7 Å². The molecule has 0 saturated heterocycles. The van der Waals surface area contributed by atoms with Crippen LogP contribution < -0.4 is 0 Å². The highest BCUT2D eigenvalue weighted by Crippen LogP contribution is 2.62. The van der Waals surface area contributed by atoms with Gasteiger partial charge in [0.05, 0.1) is 6.10 Å². The Morgan fingerprint density at radius 1 is 1.05 bits per heavy atom. The van der Waals surface area contributed by atoms with Crippen molar-refractivity contribution < 1.29 is 9.90 Å². The molecule has 0 bridgehead atoms. The maximum absolute atomic E-state index is 12.7. The molecule has 3 fully saturated rings. The summed E-state index contributed by atoms with van der Waals surface area (Å²) >= 11 is 0. The van der Waals surface area contributed by atoms with E-state index in [0.717, 1.165) is 32.1 Å². The molecule has 6 atom stereocenters. The summed E-state index contributed by atoms with van der Waals surface area (Å²) in [7, 11) is 0. The first-order valence-electron chi connectivity index (χ1n) is 8.97. The fourth-order valence-corrected chi connectivity index (χ4v) is 6.21. The molecule has 0 aromatic carbocycles. The number of fused-ring (bicyclic) bond motifs is 3. The Kier molecular flexibility index (Phi) is 3.75. The average Bonchev–Trinajstić information content (AvgIpc) is 2.55. The number of ketones is 1. The summed E-state index contributed by atoms with van der Waals surface area (Å²) in [6, 6.07) is 0. The van der Waals surface area contributed by atoms with Gasteiger partial charge in [0.1, 0.15) is 5.78 Å². The first-order chi connectivity index (χ1) is 9.76. The Morgan fingerprint density at radius 3 is 2.48 bits per heavy atom. The van der Waals surface area contributed by atoms with Crippen molar-refractivity contribution in [1.82, 2.24) is 0 Å². The summed E-state index contributed by atoms with van der Waals surface area (Å²) in [6.45, 7) is 9.18. The van der Waals surface area contributed by atoms with Crippen LogP contribution in [-0.2, 0) is 4.79 Å². The Labute approximate surface area is 129 Å². The van der Waals surface area contributed by atoms with Crippen molar-refractivity contribution in [3.8, 4) is 0 Å². The van der Waals surface area contributed by atoms with Gasteiger partial charge in [0, 0.05) is 12.3 Å². The number of aliphatic hydroxyl groups excluding tert-OH is 1. The van der Waals surface area contributed by atoms with Crippen molar-refractivity contribution in [1.29, 1.82) is 0 Å². The van der Waals surface area contributed by atoms with Gasteiger partial charge < -0.3 is 5.11 Å². The van der Waals surface area contributed by atoms with Gasteiger partial charge in [-0.1, -0.05) is 27.7 Å². The molecule has 0 radical (unpaired) electrons. The van der Waals surface area contributed by atoms with Gasteiger partial charge in [-0.3, -0.25) is 4.79 Å². The standard InChI is InChI=1S/C19H32O2/c1-12-5-7-14-13(15(20)11-12)6-8-16-18(2,3)17(21)9-10-19(14,16)4/h12-14,16-17,21H,5-11H2,1-4H3. The molecule has 1 N–H and O–H groups in total. The number of carbonyl (C=O) groups is 1. The van der Waals surface area contributed by atoms with E-state index in [1.807, 2.05) is 0 Å². The van der Waals surface area contributed by atoms with E-state index in [1.165, 1.54) is 12.8 Å². The summed E-state index contributed by atoms with van der Waals surface area (Å²) in [5, 5.41) is 10.5. The molecule has 120 valence electrons. The average molecular weight is 292 g/mol. The van der Waals surface area contributed by atoms with Crippen LogP contribution in [0.4, 0.5) is 0 Å². The lowest BCUT2D eigenvalue weighted by Gasteiger charge is -2.60. The fourth-order valence-electron chi connectivity index (χ4n) is 6.21. The minimum atomic E-state index is -0.174. The van der Waals surface area contributed by atoms with E-state index in [0.29, 0.717) is 29.5 Å². The van der Waals surface area contributed by atoms with Crippen LogP contribution in [0.1, 0.15) is 72.6 Å². The van der Waals surface area contributed by atoms with Gasteiger partial charge >= 0.3 is 0 Å². The third-order valence-corrected chi connectivity index (χ3v) is 7.54. The Bertz CT molecular complexity index is 427. The molecule has 3 rings (SSSR count). The molecule has 3 aliphatic rings. The van der Waals surface area contributed by atoms with Gasteiger partial charge in [0.2, 0.25) is 0 Å². The lowest BCUT2D eigenvalue weighted by molar-refractivity contribution is -0.159. The van der Waals surface area contributed by atoms with Crippen molar-refractivity contribution in [2.24, 2.45) is 34.5 Å². The first kappa shape index (κ1) is 15.5. The second kappa shape index (κ2) is 5.08. The van der Waals surface area contributed by atoms with Crippen LogP contribution >= 0.6 is 0 Å². The molecule has 3 saturated carbocycles. The molecule has 21 heavy (non-hydrogen) atoms. The molecule has 0 spiro atoms. The number of rotatable bonds is 0. The third-order valence-electron chi connectivity index (χ3n) is 7.54. The van der Waals surface area contributed by atoms with Crippen LogP contribution in [0.15, 0.2) is 0 Å². The predicted octanol–water partition coefficient (Wildman–Crippen LogP) is 4.21. The number of Topliss-reactive ketones (excluding diaryl/α,β-unsaturated/α-hetero) is 1. The molecular formula is C19H32O2. The zero-order valence-corrected chi connectivity index (χ0v) is 14.2. The maximum Gasteiger partial charge on any atom is 0.136 e. The van der Waals surface area contributed by atoms with Crippen molar-refractivity contribution in [3.05, 3.63) is 0 Å². The lowest BCUT2D eigenvalue weighted by Crippen LogP contribution is -2.56. The minimum absolute atomic E-state index is 0.00105. The zero-order chi connectivity index (χ0) is 15.4. The summed E-state index contributed by atoms with van der Waals surface area (Å²) in [5.74, 6) is 2.53. The van der Waals surface area contributed by atoms with Crippen LogP contribution in [0.2, 0.25) is 0 Å². The summed E-state index contributed by atoms with van der Waals surface area (Å²) in [6.07, 6.45) is 7.25. The molecule has 6 unspecified atom stereocenters. The normalized spacial score (nSPS) is 50.0. The molecular weight excluding hydrogens is 260 g/mol. The van der Waals surface area contributed by atoms with E-state index < -0.39 is 0 Å². The van der Waals surface area contributed by atoms with Gasteiger partial charge in [0.15, 0.2) is 0 Å². The molecule has 0 heterocycles. The highest BCUT2D eigenvalue weighted by atomic mass is 16.3.